The number of imide groups is 1. The predicted octanol–water partition coefficient (Wildman–Crippen LogP) is 5.32. The zero-order valence-corrected chi connectivity index (χ0v) is 21.8. The first kappa shape index (κ1) is 25.6. The minimum absolute atomic E-state index is 0.321. The van der Waals surface area contributed by atoms with E-state index in [0.29, 0.717) is 36.1 Å². The Kier molecular flexibility index (Phi) is 7.51. The van der Waals surface area contributed by atoms with Crippen LogP contribution in [0, 0.1) is 5.92 Å². The summed E-state index contributed by atoms with van der Waals surface area (Å²) in [5.41, 5.74) is 2.00. The molecule has 198 valence electrons. The molecule has 0 saturated carbocycles. The van der Waals surface area contributed by atoms with Crippen LogP contribution in [0.1, 0.15) is 38.3 Å². The molecule has 3 aromatic rings. The second-order valence-electron chi connectivity index (χ2n) is 9.21. The predicted molar refractivity (Wildman–Crippen MR) is 144 cm³/mol. The van der Waals surface area contributed by atoms with E-state index < -0.39 is 24.0 Å². The van der Waals surface area contributed by atoms with Gasteiger partial charge < -0.3 is 14.2 Å². The third kappa shape index (κ3) is 4.67. The lowest BCUT2D eigenvalue weighted by Gasteiger charge is -2.29. The molecule has 2 amide bonds. The fourth-order valence-electron chi connectivity index (χ4n) is 4.98. The number of nitrogens with zero attached hydrogens (tertiary/aromatic N) is 2. The Labute approximate surface area is 222 Å². The quantitative estimate of drug-likeness (QED) is 0.266. The van der Waals surface area contributed by atoms with E-state index >= 15 is 0 Å². The number of hydroxylamine groups is 1. The van der Waals surface area contributed by atoms with Gasteiger partial charge in [0.2, 0.25) is 5.91 Å². The molecule has 5 rings (SSSR count). The molecule has 0 aliphatic carbocycles. The maximum absolute atomic E-state index is 13.9. The molecule has 2 aliphatic heterocycles. The van der Waals surface area contributed by atoms with Gasteiger partial charge in [0.05, 0.1) is 37.7 Å². The highest BCUT2D eigenvalue weighted by Crippen LogP contribution is 2.49. The van der Waals surface area contributed by atoms with Gasteiger partial charge >= 0.3 is 0 Å². The largest absolute Gasteiger partial charge is 0.497 e. The molecule has 2 aliphatic rings. The van der Waals surface area contributed by atoms with Crippen molar-refractivity contribution in [3.8, 4) is 17.2 Å². The highest BCUT2D eigenvalue weighted by atomic mass is 16.7. The molecule has 0 N–H and O–H groups in total. The van der Waals surface area contributed by atoms with E-state index in [1.807, 2.05) is 55.5 Å². The van der Waals surface area contributed by atoms with Gasteiger partial charge in [-0.1, -0.05) is 43.7 Å². The standard InChI is InChI=1S/C30H32N2O6/c1-4-6-17-37-24-16-15-20(18-25(24)36-5-2)27-26-28(38-32(27)21-11-8-7-9-12-21)30(34)31(29(26)33)22-13-10-14-23(19-22)35-3/h7-16,18-19,26-28H,4-6,17H2,1-3H3. The molecule has 2 saturated heterocycles. The highest BCUT2D eigenvalue weighted by Gasteiger charge is 2.60. The van der Waals surface area contributed by atoms with E-state index in [1.54, 1.807) is 36.4 Å². The van der Waals surface area contributed by atoms with Crippen molar-refractivity contribution in [2.45, 2.75) is 38.8 Å². The van der Waals surface area contributed by atoms with Crippen molar-refractivity contribution in [1.82, 2.24) is 0 Å². The molecule has 8 nitrogen and oxygen atoms in total. The van der Waals surface area contributed by atoms with E-state index in [4.69, 9.17) is 19.0 Å². The van der Waals surface area contributed by atoms with Crippen molar-refractivity contribution >= 4 is 23.2 Å². The summed E-state index contributed by atoms with van der Waals surface area (Å²) in [5.74, 6) is 0.328. The van der Waals surface area contributed by atoms with Gasteiger partial charge in [0.25, 0.3) is 5.91 Å². The van der Waals surface area contributed by atoms with Crippen molar-refractivity contribution in [2.24, 2.45) is 5.92 Å². The van der Waals surface area contributed by atoms with Crippen LogP contribution in [0.3, 0.4) is 0 Å². The Bertz CT molecular complexity index is 1300. The van der Waals surface area contributed by atoms with Crippen molar-refractivity contribution in [3.63, 3.8) is 0 Å². The van der Waals surface area contributed by atoms with Crippen molar-refractivity contribution in [3.05, 3.63) is 78.4 Å². The highest BCUT2D eigenvalue weighted by molar-refractivity contribution is 6.24. The Balaban J connectivity index is 1.55. The minimum atomic E-state index is -0.963. The van der Waals surface area contributed by atoms with E-state index in [9.17, 15) is 9.59 Å². The SMILES string of the molecule is CCCCOc1ccc(C2C3C(=O)N(c4cccc(OC)c4)C(=O)C3ON2c2ccccc2)cc1OCC. The number of anilines is 2. The fraction of sp³-hybridized carbons (Fsp3) is 0.333. The zero-order chi connectivity index (χ0) is 26.6. The number of carbonyl (C=O) groups is 2. The molecule has 2 heterocycles. The summed E-state index contributed by atoms with van der Waals surface area (Å²) >= 11 is 0. The van der Waals surface area contributed by atoms with Crippen molar-refractivity contribution < 1.29 is 28.6 Å². The third-order valence-corrected chi connectivity index (χ3v) is 6.80. The molecule has 0 spiro atoms. The molecule has 3 unspecified atom stereocenters. The fourth-order valence-corrected chi connectivity index (χ4v) is 4.98. The number of amides is 2. The Morgan fingerprint density at radius 3 is 2.37 bits per heavy atom. The van der Waals surface area contributed by atoms with Gasteiger partial charge in [-0.25, -0.2) is 9.96 Å². The molecule has 38 heavy (non-hydrogen) atoms. The molecule has 0 bridgehead atoms. The van der Waals surface area contributed by atoms with E-state index in [-0.39, 0.29) is 5.91 Å². The van der Waals surface area contributed by atoms with Crippen LogP contribution in [0.2, 0.25) is 0 Å². The minimum Gasteiger partial charge on any atom is -0.497 e. The summed E-state index contributed by atoms with van der Waals surface area (Å²) in [4.78, 5) is 35.0. The topological polar surface area (TPSA) is 77.5 Å². The first-order valence-electron chi connectivity index (χ1n) is 13.0. The van der Waals surface area contributed by atoms with Gasteiger partial charge in [-0.05, 0) is 55.3 Å². The van der Waals surface area contributed by atoms with Crippen molar-refractivity contribution in [2.75, 3.05) is 30.3 Å². The number of fused-ring (bicyclic) bond motifs is 1. The van der Waals surface area contributed by atoms with Crippen LogP contribution in [-0.2, 0) is 14.4 Å². The van der Waals surface area contributed by atoms with Crippen LogP contribution in [0.4, 0.5) is 11.4 Å². The average molecular weight is 517 g/mol. The first-order chi connectivity index (χ1) is 18.6. The third-order valence-electron chi connectivity index (χ3n) is 6.80. The van der Waals surface area contributed by atoms with Crippen LogP contribution in [0.15, 0.2) is 72.8 Å². The lowest BCUT2D eigenvalue weighted by molar-refractivity contribution is -0.126. The molecular weight excluding hydrogens is 484 g/mol. The summed E-state index contributed by atoms with van der Waals surface area (Å²) in [6, 6.07) is 21.5. The van der Waals surface area contributed by atoms with Crippen LogP contribution in [-0.4, -0.2) is 38.2 Å². The molecule has 8 heteroatoms. The van der Waals surface area contributed by atoms with Gasteiger partial charge in [0.15, 0.2) is 17.6 Å². The first-order valence-corrected chi connectivity index (χ1v) is 13.0. The van der Waals surface area contributed by atoms with Gasteiger partial charge in [0.1, 0.15) is 11.7 Å². The van der Waals surface area contributed by atoms with E-state index in [0.717, 1.165) is 24.1 Å². The average Bonchev–Trinajstić information content (AvgIpc) is 3.46. The van der Waals surface area contributed by atoms with Crippen LogP contribution >= 0.6 is 0 Å². The van der Waals surface area contributed by atoms with Crippen LogP contribution < -0.4 is 24.2 Å². The molecular formula is C30H32N2O6. The van der Waals surface area contributed by atoms with Crippen LogP contribution in [0.25, 0.3) is 0 Å². The number of benzene rings is 3. The molecule has 2 fully saturated rings. The summed E-state index contributed by atoms with van der Waals surface area (Å²) in [7, 11) is 1.55. The number of para-hydroxylation sites is 1. The second-order valence-corrected chi connectivity index (χ2v) is 9.21. The summed E-state index contributed by atoms with van der Waals surface area (Å²) in [5, 5.41) is 1.68. The smallest absolute Gasteiger partial charge is 0.266 e. The van der Waals surface area contributed by atoms with Gasteiger partial charge in [-0.2, -0.15) is 0 Å². The molecule has 0 aromatic heterocycles. The molecule has 3 atom stereocenters. The number of ether oxygens (including phenoxy) is 3. The van der Waals surface area contributed by atoms with Gasteiger partial charge in [0, 0.05) is 6.07 Å². The lowest BCUT2D eigenvalue weighted by atomic mass is 9.90. The van der Waals surface area contributed by atoms with Gasteiger partial charge in [-0.3, -0.25) is 14.4 Å². The summed E-state index contributed by atoms with van der Waals surface area (Å²) < 4.78 is 17.2. The maximum Gasteiger partial charge on any atom is 0.266 e. The van der Waals surface area contributed by atoms with E-state index in [1.165, 1.54) is 4.90 Å². The number of hydrogen-bond donors (Lipinski definition) is 0. The van der Waals surface area contributed by atoms with Gasteiger partial charge in [-0.15, -0.1) is 0 Å². The van der Waals surface area contributed by atoms with Crippen LogP contribution in [0.5, 0.6) is 17.2 Å². The number of unbranched alkanes of at least 4 members (excludes halogenated alkanes) is 1. The summed E-state index contributed by atoms with van der Waals surface area (Å²) in [6.07, 6.45) is 0.998. The Hall–Kier alpha value is -4.04. The van der Waals surface area contributed by atoms with Crippen molar-refractivity contribution in [1.29, 1.82) is 0 Å². The summed E-state index contributed by atoms with van der Waals surface area (Å²) in [6.45, 7) is 5.08. The number of carbonyl (C=O) groups excluding carboxylic acids is 2. The zero-order valence-electron chi connectivity index (χ0n) is 21.8. The number of methoxy groups -OCH3 is 1. The Morgan fingerprint density at radius 2 is 1.63 bits per heavy atom. The number of hydrogen-bond acceptors (Lipinski definition) is 7. The molecule has 3 aromatic carbocycles. The monoisotopic (exact) mass is 516 g/mol. The normalized spacial score (nSPS) is 20.6. The molecule has 0 radical (unpaired) electrons. The van der Waals surface area contributed by atoms with E-state index in [2.05, 4.69) is 6.92 Å². The Morgan fingerprint density at radius 1 is 0.842 bits per heavy atom. The maximum atomic E-state index is 13.9. The second kappa shape index (κ2) is 11.1. The lowest BCUT2D eigenvalue weighted by Crippen LogP contribution is -2.37. The number of rotatable bonds is 10.